The topological polar surface area (TPSA) is 46.2 Å². The van der Waals surface area contributed by atoms with E-state index in [0.29, 0.717) is 6.61 Å². The van der Waals surface area contributed by atoms with Gasteiger partial charge in [-0.3, -0.25) is 0 Å². The van der Waals surface area contributed by atoms with Crippen LogP contribution in [0.1, 0.15) is 52.3 Å². The van der Waals surface area contributed by atoms with Crippen LogP contribution in [0.4, 0.5) is 0 Å². The first-order valence-corrected chi connectivity index (χ1v) is 9.09. The summed E-state index contributed by atoms with van der Waals surface area (Å²) in [6.07, 6.45) is 0.567. The Labute approximate surface area is 143 Å². The van der Waals surface area contributed by atoms with Gasteiger partial charge >= 0.3 is 0 Å². The first kappa shape index (κ1) is 20.4. The second-order valence-corrected chi connectivity index (χ2v) is 6.48. The number of aryl methyl sites for hydroxylation is 1. The molecule has 0 aliphatic rings. The summed E-state index contributed by atoms with van der Waals surface area (Å²) < 4.78 is 28.2. The summed E-state index contributed by atoms with van der Waals surface area (Å²) in [5, 5.41) is 1.99. The molecule has 5 nitrogen and oxygen atoms in total. The van der Waals surface area contributed by atoms with Gasteiger partial charge in [0.15, 0.2) is 25.2 Å². The van der Waals surface area contributed by atoms with E-state index in [9.17, 15) is 0 Å². The monoisotopic (exact) mass is 346 g/mol. The summed E-state index contributed by atoms with van der Waals surface area (Å²) in [5.41, 5.74) is 0. The highest BCUT2D eigenvalue weighted by atomic mass is 32.1. The first-order chi connectivity index (χ1) is 10.9. The minimum atomic E-state index is -0.443. The van der Waals surface area contributed by atoms with Crippen molar-refractivity contribution in [1.82, 2.24) is 0 Å². The molecule has 0 fully saturated rings. The Morgan fingerprint density at radius 2 is 1.57 bits per heavy atom. The number of hydrogen-bond donors (Lipinski definition) is 0. The van der Waals surface area contributed by atoms with Crippen molar-refractivity contribution < 1.29 is 23.7 Å². The second kappa shape index (κ2) is 11.0. The van der Waals surface area contributed by atoms with Gasteiger partial charge in [0.1, 0.15) is 5.75 Å². The van der Waals surface area contributed by atoms with Gasteiger partial charge in [0, 0.05) is 11.5 Å². The van der Waals surface area contributed by atoms with Gasteiger partial charge in [-0.1, -0.05) is 13.3 Å². The Balaban J connectivity index is 2.23. The van der Waals surface area contributed by atoms with Crippen LogP contribution in [0.15, 0.2) is 11.4 Å². The van der Waals surface area contributed by atoms with E-state index in [-0.39, 0.29) is 6.29 Å². The van der Waals surface area contributed by atoms with Crippen LogP contribution in [-0.2, 0) is 18.9 Å². The summed E-state index contributed by atoms with van der Waals surface area (Å²) in [4.78, 5) is 1.13. The quantitative estimate of drug-likeness (QED) is 0.406. The predicted octanol–water partition coefficient (Wildman–Crippen LogP) is 4.69. The molecule has 4 unspecified atom stereocenters. The Kier molecular flexibility index (Phi) is 9.74. The van der Waals surface area contributed by atoms with Crippen LogP contribution < -0.4 is 4.74 Å². The van der Waals surface area contributed by atoms with Crippen LogP contribution in [0.3, 0.4) is 0 Å². The molecule has 0 aliphatic heterocycles. The molecule has 6 heteroatoms. The third-order valence-corrected chi connectivity index (χ3v) is 3.93. The van der Waals surface area contributed by atoms with Gasteiger partial charge < -0.3 is 23.7 Å². The van der Waals surface area contributed by atoms with Crippen LogP contribution in [-0.4, -0.2) is 31.8 Å². The van der Waals surface area contributed by atoms with Gasteiger partial charge in [-0.25, -0.2) is 0 Å². The SMILES string of the molecule is CCCCOC(C)OC(C)OC(C)OC(C)Oc1ccsc1C. The Morgan fingerprint density at radius 1 is 0.957 bits per heavy atom. The Bertz CT molecular complexity index is 423. The van der Waals surface area contributed by atoms with Crippen LogP contribution in [0.5, 0.6) is 5.75 Å². The van der Waals surface area contributed by atoms with E-state index in [2.05, 4.69) is 6.92 Å². The zero-order chi connectivity index (χ0) is 17.2. The third-order valence-electron chi connectivity index (χ3n) is 3.10. The molecule has 4 atom stereocenters. The van der Waals surface area contributed by atoms with Crippen molar-refractivity contribution >= 4 is 11.3 Å². The van der Waals surface area contributed by atoms with E-state index >= 15 is 0 Å². The number of thiophene rings is 1. The fourth-order valence-electron chi connectivity index (χ4n) is 2.01. The zero-order valence-electron chi connectivity index (χ0n) is 15.0. The standard InChI is InChI=1S/C17H30O5S/c1-7-8-10-18-13(3)19-14(4)20-15(5)21-16(6)22-17-9-11-23-12(17)2/h9,11,13-16H,7-8,10H2,1-6H3. The van der Waals surface area contributed by atoms with Gasteiger partial charge in [0.25, 0.3) is 0 Å². The molecule has 1 aromatic heterocycles. The van der Waals surface area contributed by atoms with E-state index < -0.39 is 18.9 Å². The summed E-state index contributed by atoms with van der Waals surface area (Å²) in [7, 11) is 0. The first-order valence-electron chi connectivity index (χ1n) is 8.21. The lowest BCUT2D eigenvalue weighted by Gasteiger charge is -2.25. The van der Waals surface area contributed by atoms with Crippen LogP contribution in [0, 0.1) is 6.92 Å². The average Bonchev–Trinajstić information content (AvgIpc) is 2.83. The van der Waals surface area contributed by atoms with Crippen LogP contribution in [0.2, 0.25) is 0 Å². The van der Waals surface area contributed by atoms with Crippen LogP contribution >= 0.6 is 11.3 Å². The van der Waals surface area contributed by atoms with Crippen molar-refractivity contribution in [2.24, 2.45) is 0 Å². The molecule has 1 heterocycles. The van der Waals surface area contributed by atoms with E-state index in [1.54, 1.807) is 11.3 Å². The fourth-order valence-corrected chi connectivity index (χ4v) is 2.64. The molecule has 0 amide bonds. The van der Waals surface area contributed by atoms with Crippen molar-refractivity contribution in [3.63, 3.8) is 0 Å². The number of ether oxygens (including phenoxy) is 5. The Hall–Kier alpha value is -0.660. The maximum atomic E-state index is 5.73. The lowest BCUT2D eigenvalue weighted by atomic mass is 10.4. The van der Waals surface area contributed by atoms with Crippen molar-refractivity contribution in [2.45, 2.75) is 79.5 Å². The summed E-state index contributed by atoms with van der Waals surface area (Å²) >= 11 is 1.65. The molecule has 0 spiro atoms. The summed E-state index contributed by atoms with van der Waals surface area (Å²) in [6, 6.07) is 1.94. The number of unbranched alkanes of at least 4 members (excludes halogenated alkanes) is 1. The molecule has 1 aromatic rings. The minimum absolute atomic E-state index is 0.300. The van der Waals surface area contributed by atoms with E-state index in [1.807, 2.05) is 46.1 Å². The molecule has 23 heavy (non-hydrogen) atoms. The number of rotatable bonds is 12. The molecule has 0 saturated heterocycles. The van der Waals surface area contributed by atoms with Gasteiger partial charge in [0.2, 0.25) is 0 Å². The molecule has 0 aliphatic carbocycles. The molecule has 0 N–H and O–H groups in total. The van der Waals surface area contributed by atoms with Gasteiger partial charge in [0.05, 0.1) is 0 Å². The highest BCUT2D eigenvalue weighted by Crippen LogP contribution is 2.24. The van der Waals surface area contributed by atoms with Crippen molar-refractivity contribution in [2.75, 3.05) is 6.61 Å². The lowest BCUT2D eigenvalue weighted by Crippen LogP contribution is -2.30. The van der Waals surface area contributed by atoms with E-state index in [1.165, 1.54) is 0 Å². The molecule has 0 saturated carbocycles. The third kappa shape index (κ3) is 8.67. The Morgan fingerprint density at radius 3 is 2.13 bits per heavy atom. The smallest absolute Gasteiger partial charge is 0.199 e. The average molecular weight is 346 g/mol. The molecular formula is C17H30O5S. The van der Waals surface area contributed by atoms with Crippen molar-refractivity contribution in [3.05, 3.63) is 16.3 Å². The normalized spacial score (nSPS) is 16.8. The highest BCUT2D eigenvalue weighted by Gasteiger charge is 2.16. The summed E-state index contributed by atoms with van der Waals surface area (Å²) in [5.74, 6) is 0.844. The highest BCUT2D eigenvalue weighted by molar-refractivity contribution is 7.10. The second-order valence-electron chi connectivity index (χ2n) is 5.36. The molecule has 0 radical (unpaired) electrons. The minimum Gasteiger partial charge on any atom is -0.464 e. The molecule has 134 valence electrons. The van der Waals surface area contributed by atoms with Gasteiger partial charge in [-0.2, -0.15) is 0 Å². The van der Waals surface area contributed by atoms with E-state index in [4.69, 9.17) is 23.7 Å². The van der Waals surface area contributed by atoms with Gasteiger partial charge in [-0.15, -0.1) is 11.3 Å². The van der Waals surface area contributed by atoms with Crippen LogP contribution in [0.25, 0.3) is 0 Å². The molecule has 1 rings (SSSR count). The number of hydrogen-bond acceptors (Lipinski definition) is 6. The molecule has 0 aromatic carbocycles. The maximum Gasteiger partial charge on any atom is 0.199 e. The maximum absolute atomic E-state index is 5.73. The molecule has 0 bridgehead atoms. The van der Waals surface area contributed by atoms with Crippen molar-refractivity contribution in [3.8, 4) is 5.75 Å². The predicted molar refractivity (Wildman–Crippen MR) is 91.6 cm³/mol. The summed E-state index contributed by atoms with van der Waals surface area (Å²) in [6.45, 7) is 12.2. The van der Waals surface area contributed by atoms with Gasteiger partial charge in [-0.05, 0) is 52.5 Å². The zero-order valence-corrected chi connectivity index (χ0v) is 15.9. The fraction of sp³-hybridized carbons (Fsp3) is 0.765. The van der Waals surface area contributed by atoms with E-state index in [0.717, 1.165) is 23.5 Å². The molecular weight excluding hydrogens is 316 g/mol. The van der Waals surface area contributed by atoms with Crippen molar-refractivity contribution in [1.29, 1.82) is 0 Å². The lowest BCUT2D eigenvalue weighted by molar-refractivity contribution is -0.297. The largest absolute Gasteiger partial charge is 0.464 e.